The first-order valence-electron chi connectivity index (χ1n) is 15.1. The third-order valence-electron chi connectivity index (χ3n) is 11.8. The van der Waals surface area contributed by atoms with Gasteiger partial charge in [-0.3, -0.25) is 0 Å². The molecule has 5 rings (SSSR count). The summed E-state index contributed by atoms with van der Waals surface area (Å²) in [6.45, 7) is 12.7. The summed E-state index contributed by atoms with van der Waals surface area (Å²) in [4.78, 5) is 0. The number of nitrogen functional groups attached to an aromatic ring is 2. The van der Waals surface area contributed by atoms with E-state index in [4.69, 9.17) is 16.2 Å². The number of rotatable bonds is 7. The van der Waals surface area contributed by atoms with Crippen molar-refractivity contribution in [3.8, 4) is 5.75 Å². The van der Waals surface area contributed by atoms with Crippen molar-refractivity contribution in [2.24, 2.45) is 52.3 Å². The number of nitrogens with two attached hydrogens (primary N) is 2. The van der Waals surface area contributed by atoms with Gasteiger partial charge in [0.05, 0.1) is 5.69 Å². The lowest BCUT2D eigenvalue weighted by atomic mass is 9.45. The zero-order valence-electron chi connectivity index (χ0n) is 23.7. The Bertz CT molecular complexity index is 968. The molecule has 0 aliphatic heterocycles. The Hall–Kier alpha value is -1.64. The highest BCUT2D eigenvalue weighted by molar-refractivity contribution is 5.60. The van der Waals surface area contributed by atoms with E-state index in [9.17, 15) is 0 Å². The molecule has 4 aliphatic rings. The molecular weight excluding hydrogens is 440 g/mol. The second kappa shape index (κ2) is 9.91. The lowest BCUT2D eigenvalue weighted by molar-refractivity contribution is -0.104. The van der Waals surface area contributed by atoms with Crippen molar-refractivity contribution < 1.29 is 4.74 Å². The summed E-state index contributed by atoms with van der Waals surface area (Å²) in [6, 6.07) is 5.59. The Morgan fingerprint density at radius 1 is 0.944 bits per heavy atom. The van der Waals surface area contributed by atoms with E-state index in [0.717, 1.165) is 65.8 Å². The van der Waals surface area contributed by atoms with Gasteiger partial charge in [-0.1, -0.05) is 53.9 Å². The van der Waals surface area contributed by atoms with E-state index in [-0.39, 0.29) is 0 Å². The van der Waals surface area contributed by atoms with Crippen LogP contribution < -0.4 is 16.2 Å². The number of fused-ring (bicyclic) bond motifs is 5. The summed E-state index contributed by atoms with van der Waals surface area (Å²) in [5.74, 6) is 8.02. The van der Waals surface area contributed by atoms with Crippen LogP contribution in [0.2, 0.25) is 0 Å². The molecule has 0 amide bonds. The molecular formula is C33H52N2O. The Morgan fingerprint density at radius 2 is 1.72 bits per heavy atom. The van der Waals surface area contributed by atoms with Gasteiger partial charge < -0.3 is 16.2 Å². The van der Waals surface area contributed by atoms with E-state index >= 15 is 0 Å². The molecule has 0 spiro atoms. The number of hydrogen-bond acceptors (Lipinski definition) is 3. The van der Waals surface area contributed by atoms with Crippen LogP contribution in [0.25, 0.3) is 0 Å². The van der Waals surface area contributed by atoms with Gasteiger partial charge in [0.15, 0.2) is 0 Å². The van der Waals surface area contributed by atoms with Crippen molar-refractivity contribution in [3.63, 3.8) is 0 Å². The maximum atomic E-state index is 6.32. The van der Waals surface area contributed by atoms with E-state index in [2.05, 4.69) is 40.7 Å². The largest absolute Gasteiger partial charge is 0.460 e. The highest BCUT2D eigenvalue weighted by Crippen LogP contribution is 2.68. The van der Waals surface area contributed by atoms with Crippen LogP contribution in [0.5, 0.6) is 5.75 Å². The summed E-state index contributed by atoms with van der Waals surface area (Å²) >= 11 is 0. The van der Waals surface area contributed by atoms with E-state index < -0.39 is 0 Å². The Kier molecular flexibility index (Phi) is 7.16. The second-order valence-electron chi connectivity index (χ2n) is 14.2. The standard InChI is InChI=1S/C33H52N2O/c1-21(2)7-6-8-22(3)27-12-13-28-26-11-9-23-19-25(36-31-14-10-24(34)20-30(31)35)15-17-32(23,4)29(26)16-18-33(27,28)5/h10,14-15,20-23,26-29H,6-9,11-13,16-19,34-35H2,1-5H3/t22-,23?,26?,27-,28?,29?,32+,33-/m1/s1. The average Bonchev–Trinajstić information content (AvgIpc) is 3.18. The maximum Gasteiger partial charge on any atom is 0.149 e. The minimum atomic E-state index is 0.421. The van der Waals surface area contributed by atoms with Gasteiger partial charge in [0, 0.05) is 12.1 Å². The molecule has 1 aromatic carbocycles. The van der Waals surface area contributed by atoms with E-state index in [1.807, 2.05) is 12.1 Å². The summed E-state index contributed by atoms with van der Waals surface area (Å²) in [5.41, 5.74) is 14.4. The number of benzene rings is 1. The molecule has 3 saturated carbocycles. The summed E-state index contributed by atoms with van der Waals surface area (Å²) in [6.07, 6.45) is 17.5. The number of allylic oxidation sites excluding steroid dienone is 2. The van der Waals surface area contributed by atoms with Crippen LogP contribution >= 0.6 is 0 Å². The fourth-order valence-electron chi connectivity index (χ4n) is 9.76. The van der Waals surface area contributed by atoms with Gasteiger partial charge in [0.25, 0.3) is 0 Å². The van der Waals surface area contributed by atoms with Crippen molar-refractivity contribution in [2.45, 2.75) is 105 Å². The van der Waals surface area contributed by atoms with Crippen LogP contribution in [0.15, 0.2) is 30.0 Å². The van der Waals surface area contributed by atoms with Crippen molar-refractivity contribution in [3.05, 3.63) is 30.0 Å². The van der Waals surface area contributed by atoms with Gasteiger partial charge >= 0.3 is 0 Å². The van der Waals surface area contributed by atoms with Gasteiger partial charge in [0.2, 0.25) is 0 Å². The van der Waals surface area contributed by atoms with Crippen molar-refractivity contribution >= 4 is 11.4 Å². The van der Waals surface area contributed by atoms with Crippen LogP contribution in [-0.4, -0.2) is 0 Å². The Labute approximate surface area is 220 Å². The average molecular weight is 493 g/mol. The third-order valence-corrected chi connectivity index (χ3v) is 11.8. The molecule has 4 aliphatic carbocycles. The molecule has 4 unspecified atom stereocenters. The number of ether oxygens (including phenoxy) is 1. The molecule has 3 heteroatoms. The summed E-state index contributed by atoms with van der Waals surface area (Å²) in [7, 11) is 0. The smallest absolute Gasteiger partial charge is 0.149 e. The molecule has 0 bridgehead atoms. The molecule has 1 aromatic rings. The third kappa shape index (κ3) is 4.58. The molecule has 200 valence electrons. The zero-order valence-corrected chi connectivity index (χ0v) is 23.7. The normalized spacial score (nSPS) is 38.6. The van der Waals surface area contributed by atoms with Crippen LogP contribution in [0.4, 0.5) is 11.4 Å². The first-order chi connectivity index (χ1) is 17.1. The molecule has 0 heterocycles. The van der Waals surface area contributed by atoms with Crippen molar-refractivity contribution in [1.82, 2.24) is 0 Å². The van der Waals surface area contributed by atoms with Crippen molar-refractivity contribution in [1.29, 1.82) is 0 Å². The second-order valence-corrected chi connectivity index (χ2v) is 14.2. The molecule has 0 aromatic heterocycles. The van der Waals surface area contributed by atoms with Gasteiger partial charge in [-0.2, -0.15) is 0 Å². The van der Waals surface area contributed by atoms with Crippen LogP contribution in [0, 0.1) is 52.3 Å². The molecule has 3 nitrogen and oxygen atoms in total. The minimum absolute atomic E-state index is 0.421. The fraction of sp³-hybridized carbons (Fsp3) is 0.758. The highest BCUT2D eigenvalue weighted by Gasteiger charge is 2.60. The van der Waals surface area contributed by atoms with E-state index in [1.165, 1.54) is 57.8 Å². The van der Waals surface area contributed by atoms with Crippen LogP contribution in [0.1, 0.15) is 105 Å². The first kappa shape index (κ1) is 26.0. The maximum absolute atomic E-state index is 6.32. The first-order valence-corrected chi connectivity index (χ1v) is 15.1. The van der Waals surface area contributed by atoms with Gasteiger partial charge in [-0.05, 0) is 121 Å². The molecule has 3 fully saturated rings. The van der Waals surface area contributed by atoms with Gasteiger partial charge in [0.1, 0.15) is 11.5 Å². The molecule has 0 radical (unpaired) electrons. The quantitative estimate of drug-likeness (QED) is 0.374. The lowest BCUT2D eigenvalue weighted by Crippen LogP contribution is -2.53. The lowest BCUT2D eigenvalue weighted by Gasteiger charge is -2.60. The Morgan fingerprint density at radius 3 is 2.47 bits per heavy atom. The predicted octanol–water partition coefficient (Wildman–Crippen LogP) is 8.84. The minimum Gasteiger partial charge on any atom is -0.460 e. The molecule has 36 heavy (non-hydrogen) atoms. The fourth-order valence-corrected chi connectivity index (χ4v) is 9.76. The topological polar surface area (TPSA) is 61.3 Å². The molecule has 4 N–H and O–H groups in total. The number of hydrogen-bond donors (Lipinski definition) is 2. The van der Waals surface area contributed by atoms with Gasteiger partial charge in [-0.25, -0.2) is 0 Å². The number of anilines is 2. The van der Waals surface area contributed by atoms with Gasteiger partial charge in [-0.15, -0.1) is 0 Å². The van der Waals surface area contributed by atoms with Crippen LogP contribution in [0.3, 0.4) is 0 Å². The van der Waals surface area contributed by atoms with E-state index in [0.29, 0.717) is 22.2 Å². The zero-order chi connectivity index (χ0) is 25.7. The van der Waals surface area contributed by atoms with E-state index in [1.54, 1.807) is 6.07 Å². The molecule has 8 atom stereocenters. The predicted molar refractivity (Wildman–Crippen MR) is 152 cm³/mol. The van der Waals surface area contributed by atoms with Crippen LogP contribution in [-0.2, 0) is 0 Å². The van der Waals surface area contributed by atoms with Crippen molar-refractivity contribution in [2.75, 3.05) is 11.5 Å². The Balaban J connectivity index is 1.27. The molecule has 0 saturated heterocycles. The highest BCUT2D eigenvalue weighted by atomic mass is 16.5. The summed E-state index contributed by atoms with van der Waals surface area (Å²) < 4.78 is 6.32. The SMILES string of the molecule is CC(C)CCC[C@@H](C)[C@H]1CCC2C3CCC4CC(Oc5ccc(N)cc5N)=CC[C@]4(C)C3CC[C@@]21C. The summed E-state index contributed by atoms with van der Waals surface area (Å²) in [5, 5.41) is 0. The monoisotopic (exact) mass is 492 g/mol.